The summed E-state index contributed by atoms with van der Waals surface area (Å²) in [4.78, 5) is 35.8. The summed E-state index contributed by atoms with van der Waals surface area (Å²) in [5, 5.41) is 13.4. The predicted octanol–water partition coefficient (Wildman–Crippen LogP) is 1.06. The molecule has 8 nitrogen and oxygen atoms in total. The smallest absolute Gasteiger partial charge is 0.273 e. The number of aryl methyl sites for hydroxylation is 1. The van der Waals surface area contributed by atoms with Crippen LogP contribution in [0, 0.1) is 13.8 Å². The quantitative estimate of drug-likeness (QED) is 0.812. The van der Waals surface area contributed by atoms with Gasteiger partial charge in [-0.05, 0) is 31.0 Å². The minimum atomic E-state index is -0.416. The van der Waals surface area contributed by atoms with E-state index < -0.39 is 11.9 Å². The molecule has 142 valence electrons. The lowest BCUT2D eigenvalue weighted by atomic mass is 10.1. The molecule has 1 fully saturated rings. The van der Waals surface area contributed by atoms with Crippen molar-refractivity contribution in [1.82, 2.24) is 14.5 Å². The zero-order valence-corrected chi connectivity index (χ0v) is 15.5. The number of hydrogen-bond acceptors (Lipinski definition) is 6. The summed E-state index contributed by atoms with van der Waals surface area (Å²) in [6, 6.07) is 6.49. The molecule has 0 spiro atoms. The van der Waals surface area contributed by atoms with Crippen LogP contribution in [-0.4, -0.2) is 57.5 Å². The Morgan fingerprint density at radius 2 is 2.19 bits per heavy atom. The van der Waals surface area contributed by atoms with Crippen LogP contribution in [0.4, 0.5) is 0 Å². The van der Waals surface area contributed by atoms with E-state index in [0.29, 0.717) is 12.1 Å². The minimum absolute atomic E-state index is 0.0404. The minimum Gasteiger partial charge on any atom is -0.399 e. The molecule has 0 radical (unpaired) electrons. The highest BCUT2D eigenvalue weighted by Crippen LogP contribution is 2.19. The SMILES string of the molecule is CO/N=C1\CC(CO)N(C(=O)c2cc(=O)n(-c3cccc(C)c3C)cn2)C1. The highest BCUT2D eigenvalue weighted by Gasteiger charge is 2.34. The highest BCUT2D eigenvalue weighted by atomic mass is 16.6. The van der Waals surface area contributed by atoms with Crippen LogP contribution in [-0.2, 0) is 4.84 Å². The molecular formula is C19H22N4O4. The fourth-order valence-electron chi connectivity index (χ4n) is 3.21. The summed E-state index contributed by atoms with van der Waals surface area (Å²) in [6.07, 6.45) is 1.79. The van der Waals surface area contributed by atoms with E-state index in [9.17, 15) is 14.7 Å². The first kappa shape index (κ1) is 18.8. The number of nitrogens with zero attached hydrogens (tertiary/aromatic N) is 4. The summed E-state index contributed by atoms with van der Waals surface area (Å²) in [7, 11) is 1.43. The molecule has 1 aliphatic heterocycles. The number of likely N-dealkylation sites (tertiary alicyclic amines) is 1. The fraction of sp³-hybridized carbons (Fsp3) is 0.368. The van der Waals surface area contributed by atoms with E-state index in [1.165, 1.54) is 29.0 Å². The van der Waals surface area contributed by atoms with Gasteiger partial charge < -0.3 is 14.8 Å². The molecule has 2 aromatic rings. The number of oxime groups is 1. The van der Waals surface area contributed by atoms with Gasteiger partial charge in [0, 0.05) is 12.5 Å². The lowest BCUT2D eigenvalue weighted by Crippen LogP contribution is -2.39. The first-order valence-electron chi connectivity index (χ1n) is 8.62. The Morgan fingerprint density at radius 1 is 1.41 bits per heavy atom. The van der Waals surface area contributed by atoms with Crippen molar-refractivity contribution in [3.05, 3.63) is 57.8 Å². The molecule has 1 atom stereocenters. The maximum absolute atomic E-state index is 12.8. The van der Waals surface area contributed by atoms with Gasteiger partial charge in [0.15, 0.2) is 0 Å². The molecule has 1 aliphatic rings. The molecule has 8 heteroatoms. The third-order valence-electron chi connectivity index (χ3n) is 4.82. The zero-order valence-electron chi connectivity index (χ0n) is 15.5. The average molecular weight is 370 g/mol. The van der Waals surface area contributed by atoms with E-state index in [4.69, 9.17) is 4.84 Å². The van der Waals surface area contributed by atoms with E-state index in [1.54, 1.807) is 0 Å². The Labute approximate surface area is 156 Å². The summed E-state index contributed by atoms with van der Waals surface area (Å²) >= 11 is 0. The van der Waals surface area contributed by atoms with Gasteiger partial charge in [-0.1, -0.05) is 17.3 Å². The first-order valence-corrected chi connectivity index (χ1v) is 8.62. The van der Waals surface area contributed by atoms with Crippen LogP contribution in [0.1, 0.15) is 28.0 Å². The maximum Gasteiger partial charge on any atom is 0.273 e. The summed E-state index contributed by atoms with van der Waals surface area (Å²) < 4.78 is 1.42. The van der Waals surface area contributed by atoms with Gasteiger partial charge in [0.05, 0.1) is 30.6 Å². The number of aliphatic hydroxyl groups is 1. The predicted molar refractivity (Wildman–Crippen MR) is 100 cm³/mol. The van der Waals surface area contributed by atoms with Crippen LogP contribution >= 0.6 is 0 Å². The summed E-state index contributed by atoms with van der Waals surface area (Å²) in [5.41, 5.74) is 3.13. The molecule has 1 saturated heterocycles. The Morgan fingerprint density at radius 3 is 2.85 bits per heavy atom. The molecule has 1 N–H and O–H groups in total. The third-order valence-corrected chi connectivity index (χ3v) is 4.82. The largest absolute Gasteiger partial charge is 0.399 e. The highest BCUT2D eigenvalue weighted by molar-refractivity contribution is 5.99. The van der Waals surface area contributed by atoms with Crippen molar-refractivity contribution in [1.29, 1.82) is 0 Å². The zero-order chi connectivity index (χ0) is 19.6. The van der Waals surface area contributed by atoms with Crippen molar-refractivity contribution in [3.8, 4) is 5.69 Å². The van der Waals surface area contributed by atoms with E-state index in [1.807, 2.05) is 32.0 Å². The van der Waals surface area contributed by atoms with Crippen molar-refractivity contribution in [2.24, 2.45) is 5.16 Å². The Balaban J connectivity index is 1.91. The monoisotopic (exact) mass is 370 g/mol. The molecule has 1 amide bonds. The van der Waals surface area contributed by atoms with Crippen molar-refractivity contribution < 1.29 is 14.7 Å². The van der Waals surface area contributed by atoms with Gasteiger partial charge in [-0.2, -0.15) is 0 Å². The van der Waals surface area contributed by atoms with Gasteiger partial charge in [0.1, 0.15) is 19.1 Å². The van der Waals surface area contributed by atoms with Crippen molar-refractivity contribution in [2.45, 2.75) is 26.3 Å². The van der Waals surface area contributed by atoms with Gasteiger partial charge in [-0.3, -0.25) is 14.2 Å². The van der Waals surface area contributed by atoms with Crippen LogP contribution < -0.4 is 5.56 Å². The second-order valence-corrected chi connectivity index (χ2v) is 6.52. The Hall–Kier alpha value is -3.00. The van der Waals surface area contributed by atoms with Crippen LogP contribution in [0.2, 0.25) is 0 Å². The molecule has 0 saturated carbocycles. The number of hydrogen-bond donors (Lipinski definition) is 1. The van der Waals surface area contributed by atoms with Gasteiger partial charge in [-0.15, -0.1) is 0 Å². The maximum atomic E-state index is 12.8. The second kappa shape index (κ2) is 7.71. The molecule has 1 aromatic carbocycles. The number of carbonyl (C=O) groups is 1. The Bertz CT molecular complexity index is 951. The van der Waals surface area contributed by atoms with E-state index >= 15 is 0 Å². The van der Waals surface area contributed by atoms with Crippen LogP contribution in [0.25, 0.3) is 5.69 Å². The second-order valence-electron chi connectivity index (χ2n) is 6.52. The summed E-state index contributed by atoms with van der Waals surface area (Å²) in [5.74, 6) is -0.416. The standard InChI is InChI=1S/C19H22N4O4/c1-12-5-4-6-17(13(12)2)23-11-20-16(8-18(23)25)19(26)22-9-14(21-27-3)7-15(22)10-24/h4-6,8,11,15,24H,7,9-10H2,1-3H3/b21-14+. The van der Waals surface area contributed by atoms with E-state index in [-0.39, 0.29) is 24.4 Å². The van der Waals surface area contributed by atoms with Crippen molar-refractivity contribution >= 4 is 11.6 Å². The topological polar surface area (TPSA) is 97.0 Å². The molecule has 0 aliphatic carbocycles. The van der Waals surface area contributed by atoms with Crippen LogP contribution in [0.5, 0.6) is 0 Å². The molecule has 0 bridgehead atoms. The van der Waals surface area contributed by atoms with Crippen molar-refractivity contribution in [2.75, 3.05) is 20.3 Å². The summed E-state index contributed by atoms with van der Waals surface area (Å²) in [6.45, 7) is 3.94. The van der Waals surface area contributed by atoms with Crippen LogP contribution in [0.15, 0.2) is 40.5 Å². The molecule has 3 rings (SSSR count). The number of amides is 1. The lowest BCUT2D eigenvalue weighted by molar-refractivity contribution is 0.0674. The number of aliphatic hydroxyl groups excluding tert-OH is 1. The molecule has 27 heavy (non-hydrogen) atoms. The molecule has 1 unspecified atom stereocenters. The lowest BCUT2D eigenvalue weighted by Gasteiger charge is -2.21. The van der Waals surface area contributed by atoms with E-state index in [2.05, 4.69) is 10.1 Å². The van der Waals surface area contributed by atoms with Gasteiger partial charge in [-0.25, -0.2) is 4.98 Å². The first-order chi connectivity index (χ1) is 13.0. The number of aromatic nitrogens is 2. The average Bonchev–Trinajstić information content (AvgIpc) is 3.07. The van der Waals surface area contributed by atoms with Gasteiger partial charge >= 0.3 is 0 Å². The fourth-order valence-corrected chi connectivity index (χ4v) is 3.21. The molecular weight excluding hydrogens is 348 g/mol. The molecule has 2 heterocycles. The Kier molecular flexibility index (Phi) is 5.36. The van der Waals surface area contributed by atoms with E-state index in [0.717, 1.165) is 16.8 Å². The number of carbonyl (C=O) groups excluding carboxylic acids is 1. The molecule has 1 aromatic heterocycles. The third kappa shape index (κ3) is 3.61. The van der Waals surface area contributed by atoms with Gasteiger partial charge in [0.2, 0.25) is 0 Å². The van der Waals surface area contributed by atoms with Gasteiger partial charge in [0.25, 0.3) is 11.5 Å². The number of benzene rings is 1. The van der Waals surface area contributed by atoms with Crippen molar-refractivity contribution in [3.63, 3.8) is 0 Å². The normalized spacial score (nSPS) is 18.1. The number of rotatable bonds is 4. The van der Waals surface area contributed by atoms with Crippen LogP contribution in [0.3, 0.4) is 0 Å².